The zero-order valence-electron chi connectivity index (χ0n) is 10.7. The van der Waals surface area contributed by atoms with Gasteiger partial charge in [-0.25, -0.2) is 8.42 Å². The monoisotopic (exact) mass is 318 g/mol. The zero-order valence-corrected chi connectivity index (χ0v) is 12.3. The predicted octanol–water partition coefficient (Wildman–Crippen LogP) is 1.77. The third-order valence-electron chi connectivity index (χ3n) is 3.35. The molecule has 1 unspecified atom stereocenters. The van der Waals surface area contributed by atoms with Crippen LogP contribution in [0.25, 0.3) is 0 Å². The zero-order chi connectivity index (χ0) is 14.8. The normalized spacial score (nSPS) is 20.9. The van der Waals surface area contributed by atoms with Gasteiger partial charge in [0, 0.05) is 12.6 Å². The molecule has 0 amide bonds. The van der Waals surface area contributed by atoms with E-state index in [1.54, 1.807) is 6.07 Å². The summed E-state index contributed by atoms with van der Waals surface area (Å²) in [7, 11) is -2.89. The summed E-state index contributed by atoms with van der Waals surface area (Å²) >= 11 is 5.97. The summed E-state index contributed by atoms with van der Waals surface area (Å²) in [6, 6.07) is 4.54. The molecule has 6 nitrogen and oxygen atoms in total. The Labute approximate surface area is 122 Å². The molecule has 1 aromatic rings. The first-order chi connectivity index (χ1) is 9.39. The molecule has 110 valence electrons. The Balaban J connectivity index is 1.96. The van der Waals surface area contributed by atoms with Crippen LogP contribution in [0.3, 0.4) is 0 Å². The van der Waals surface area contributed by atoms with E-state index in [1.165, 1.54) is 12.1 Å². The van der Waals surface area contributed by atoms with E-state index in [1.807, 2.05) is 0 Å². The minimum absolute atomic E-state index is 0.0240. The van der Waals surface area contributed by atoms with Gasteiger partial charge in [-0.05, 0) is 24.9 Å². The summed E-state index contributed by atoms with van der Waals surface area (Å²) in [6.07, 6.45) is 0.639. The molecule has 1 aromatic carbocycles. The molecule has 0 aliphatic carbocycles. The minimum Gasteiger partial charge on any atom is -0.312 e. The molecule has 2 rings (SSSR count). The highest BCUT2D eigenvalue weighted by Gasteiger charge is 2.27. The standard InChI is InChI=1S/C12H15ClN2O4S/c13-11-2-1-3-12(15(16)17)10(11)7-14-6-9-4-5-20(18,19)8-9/h1-3,9,14H,4-8H2. The fraction of sp³-hybridized carbons (Fsp3) is 0.500. The first-order valence-corrected chi connectivity index (χ1v) is 8.42. The highest BCUT2D eigenvalue weighted by molar-refractivity contribution is 7.91. The number of nitrogens with zero attached hydrogens (tertiary/aromatic N) is 1. The lowest BCUT2D eigenvalue weighted by molar-refractivity contribution is -0.385. The molecule has 0 aromatic heterocycles. The molecular formula is C12H15ClN2O4S. The van der Waals surface area contributed by atoms with Gasteiger partial charge in [-0.1, -0.05) is 17.7 Å². The molecule has 1 aliphatic rings. The van der Waals surface area contributed by atoms with Crippen molar-refractivity contribution < 1.29 is 13.3 Å². The van der Waals surface area contributed by atoms with Gasteiger partial charge in [-0.3, -0.25) is 10.1 Å². The van der Waals surface area contributed by atoms with E-state index in [2.05, 4.69) is 5.32 Å². The molecule has 0 saturated carbocycles. The highest BCUT2D eigenvalue weighted by Crippen LogP contribution is 2.26. The molecule has 1 heterocycles. The largest absolute Gasteiger partial charge is 0.312 e. The van der Waals surface area contributed by atoms with Crippen molar-refractivity contribution in [2.75, 3.05) is 18.1 Å². The lowest BCUT2D eigenvalue weighted by Crippen LogP contribution is -2.23. The quantitative estimate of drug-likeness (QED) is 0.660. The summed E-state index contributed by atoms with van der Waals surface area (Å²) in [6.45, 7) is 0.772. The van der Waals surface area contributed by atoms with Crippen LogP contribution >= 0.6 is 11.6 Å². The van der Waals surface area contributed by atoms with Crippen LogP contribution in [0.5, 0.6) is 0 Å². The van der Waals surface area contributed by atoms with E-state index in [4.69, 9.17) is 11.6 Å². The fourth-order valence-corrected chi connectivity index (χ4v) is 4.43. The average Bonchev–Trinajstić information content (AvgIpc) is 2.70. The molecule has 0 spiro atoms. The second kappa shape index (κ2) is 6.07. The van der Waals surface area contributed by atoms with E-state index in [-0.39, 0.29) is 29.7 Å². The SMILES string of the molecule is O=[N+]([O-])c1cccc(Cl)c1CNCC1CCS(=O)(=O)C1. The topological polar surface area (TPSA) is 89.3 Å². The third kappa shape index (κ3) is 3.68. The molecule has 8 heteroatoms. The van der Waals surface area contributed by atoms with Crippen molar-refractivity contribution in [1.82, 2.24) is 5.32 Å². The van der Waals surface area contributed by atoms with Gasteiger partial charge in [-0.15, -0.1) is 0 Å². The summed E-state index contributed by atoms with van der Waals surface area (Å²) in [5.74, 6) is 0.484. The van der Waals surface area contributed by atoms with Gasteiger partial charge in [0.1, 0.15) is 0 Å². The minimum atomic E-state index is -2.89. The maximum Gasteiger partial charge on any atom is 0.275 e. The number of rotatable bonds is 5. The highest BCUT2D eigenvalue weighted by atomic mass is 35.5. The van der Waals surface area contributed by atoms with Gasteiger partial charge < -0.3 is 5.32 Å². The maximum absolute atomic E-state index is 11.3. The lowest BCUT2D eigenvalue weighted by Gasteiger charge is -2.10. The van der Waals surface area contributed by atoms with Crippen LogP contribution in [-0.4, -0.2) is 31.4 Å². The average molecular weight is 319 g/mol. The van der Waals surface area contributed by atoms with Crippen LogP contribution in [0.1, 0.15) is 12.0 Å². The van der Waals surface area contributed by atoms with Crippen LogP contribution in [-0.2, 0) is 16.4 Å². The molecular weight excluding hydrogens is 304 g/mol. The number of halogens is 1. The van der Waals surface area contributed by atoms with Gasteiger partial charge in [0.05, 0.1) is 27.0 Å². The third-order valence-corrected chi connectivity index (χ3v) is 5.54. The predicted molar refractivity (Wildman–Crippen MR) is 76.6 cm³/mol. The summed E-state index contributed by atoms with van der Waals surface area (Å²) < 4.78 is 22.7. The van der Waals surface area contributed by atoms with Crippen LogP contribution in [0.4, 0.5) is 5.69 Å². The number of nitro benzene ring substituents is 1. The van der Waals surface area contributed by atoms with Crippen molar-refractivity contribution in [3.05, 3.63) is 38.9 Å². The molecule has 0 bridgehead atoms. The number of hydrogen-bond acceptors (Lipinski definition) is 5. The van der Waals surface area contributed by atoms with Crippen molar-refractivity contribution in [2.24, 2.45) is 5.92 Å². The van der Waals surface area contributed by atoms with E-state index >= 15 is 0 Å². The Morgan fingerprint density at radius 2 is 2.20 bits per heavy atom. The second-order valence-corrected chi connectivity index (χ2v) is 7.53. The van der Waals surface area contributed by atoms with Crippen LogP contribution in [0.2, 0.25) is 5.02 Å². The Morgan fingerprint density at radius 1 is 1.45 bits per heavy atom. The van der Waals surface area contributed by atoms with Crippen molar-refractivity contribution in [2.45, 2.75) is 13.0 Å². The van der Waals surface area contributed by atoms with E-state index < -0.39 is 14.8 Å². The number of sulfone groups is 1. The Hall–Kier alpha value is -1.18. The van der Waals surface area contributed by atoms with Crippen LogP contribution in [0, 0.1) is 16.0 Å². The van der Waals surface area contributed by atoms with E-state index in [0.29, 0.717) is 23.6 Å². The first-order valence-electron chi connectivity index (χ1n) is 6.22. The molecule has 20 heavy (non-hydrogen) atoms. The number of nitro groups is 1. The molecule has 1 fully saturated rings. The van der Waals surface area contributed by atoms with Crippen molar-refractivity contribution in [3.8, 4) is 0 Å². The Bertz CT molecular complexity index is 618. The van der Waals surface area contributed by atoms with Gasteiger partial charge in [0.2, 0.25) is 0 Å². The van der Waals surface area contributed by atoms with Crippen LogP contribution in [0.15, 0.2) is 18.2 Å². The first kappa shape index (κ1) is 15.2. The number of hydrogen-bond donors (Lipinski definition) is 1. The maximum atomic E-state index is 11.3. The van der Waals surface area contributed by atoms with Crippen molar-refractivity contribution in [3.63, 3.8) is 0 Å². The fourth-order valence-electron chi connectivity index (χ4n) is 2.33. The number of nitrogens with one attached hydrogen (secondary N) is 1. The van der Waals surface area contributed by atoms with Crippen molar-refractivity contribution in [1.29, 1.82) is 0 Å². The summed E-state index contributed by atoms with van der Waals surface area (Å²) in [5, 5.41) is 14.3. The summed E-state index contributed by atoms with van der Waals surface area (Å²) in [5.41, 5.74) is 0.407. The Morgan fingerprint density at radius 3 is 2.80 bits per heavy atom. The molecule has 0 radical (unpaired) electrons. The van der Waals surface area contributed by atoms with Gasteiger partial charge in [0.15, 0.2) is 9.84 Å². The molecule has 1 N–H and O–H groups in total. The van der Waals surface area contributed by atoms with Gasteiger partial charge >= 0.3 is 0 Å². The molecule has 1 atom stereocenters. The molecule has 1 saturated heterocycles. The van der Waals surface area contributed by atoms with Gasteiger partial charge in [-0.2, -0.15) is 0 Å². The van der Waals surface area contributed by atoms with E-state index in [9.17, 15) is 18.5 Å². The lowest BCUT2D eigenvalue weighted by atomic mass is 10.1. The number of benzene rings is 1. The second-order valence-electron chi connectivity index (χ2n) is 4.89. The van der Waals surface area contributed by atoms with Gasteiger partial charge in [0.25, 0.3) is 5.69 Å². The van der Waals surface area contributed by atoms with Crippen LogP contribution < -0.4 is 5.32 Å². The smallest absolute Gasteiger partial charge is 0.275 e. The van der Waals surface area contributed by atoms with Crippen molar-refractivity contribution >= 4 is 27.1 Å². The summed E-state index contributed by atoms with van der Waals surface area (Å²) in [4.78, 5) is 10.4. The Kier molecular flexibility index (Phi) is 4.62. The van der Waals surface area contributed by atoms with E-state index in [0.717, 1.165) is 0 Å². The molecule has 1 aliphatic heterocycles.